The molecule has 0 radical (unpaired) electrons. The number of nitrogens with one attached hydrogen (secondary N) is 2. The zero-order chi connectivity index (χ0) is 27.1. The van der Waals surface area contributed by atoms with Crippen LogP contribution in [0, 0.1) is 11.8 Å². The Kier molecular flexibility index (Phi) is 18.0. The second kappa shape index (κ2) is 19.1. The number of carbonyl (C=O) groups excluding carboxylic acids is 6. The van der Waals surface area contributed by atoms with Gasteiger partial charge in [0.25, 0.3) is 0 Å². The van der Waals surface area contributed by atoms with E-state index < -0.39 is 11.8 Å². The smallest absolute Gasteiger partial charge is 0.232 e. The monoisotopic (exact) mass is 560 g/mol. The molecule has 0 saturated carbocycles. The maximum atomic E-state index is 12.6. The molecule has 37 heavy (non-hydrogen) atoms. The van der Waals surface area contributed by atoms with Gasteiger partial charge in [-0.25, -0.2) is 0 Å². The first kappa shape index (κ1) is 34.9. The molecule has 0 spiro atoms. The number of nitrogens with zero attached hydrogens (tertiary/aromatic N) is 2. The van der Waals surface area contributed by atoms with Crippen LogP contribution in [0.3, 0.4) is 0 Å². The van der Waals surface area contributed by atoms with E-state index in [4.69, 9.17) is 0 Å². The molecular formula is C25H44N4O6S2. The van der Waals surface area contributed by atoms with E-state index in [0.717, 1.165) is 9.80 Å². The summed E-state index contributed by atoms with van der Waals surface area (Å²) in [6.45, 7) is 5.21. The van der Waals surface area contributed by atoms with Crippen LogP contribution in [0.2, 0.25) is 0 Å². The Hall–Kier alpha value is -2.08. The summed E-state index contributed by atoms with van der Waals surface area (Å²) in [5, 5.41) is 5.29. The molecule has 6 amide bonds. The fourth-order valence-corrected chi connectivity index (χ4v) is 4.25. The quantitative estimate of drug-likeness (QED) is 0.189. The summed E-state index contributed by atoms with van der Waals surface area (Å²) >= 11 is 8.01. The van der Waals surface area contributed by atoms with Gasteiger partial charge in [0, 0.05) is 75.2 Å². The molecule has 0 aromatic heterocycles. The number of hydrogen-bond donors (Lipinski definition) is 4. The van der Waals surface area contributed by atoms with Crippen molar-refractivity contribution in [3.63, 3.8) is 0 Å². The number of thiol groups is 2. The first-order chi connectivity index (χ1) is 17.2. The average molecular weight is 561 g/mol. The summed E-state index contributed by atoms with van der Waals surface area (Å²) in [6.07, 6.45) is 2.97. The van der Waals surface area contributed by atoms with Crippen molar-refractivity contribution in [2.24, 2.45) is 11.8 Å². The van der Waals surface area contributed by atoms with E-state index >= 15 is 0 Å². The van der Waals surface area contributed by atoms with Crippen LogP contribution in [0.15, 0.2) is 0 Å². The van der Waals surface area contributed by atoms with Gasteiger partial charge in [-0.1, -0.05) is 34.1 Å². The summed E-state index contributed by atoms with van der Waals surface area (Å²) in [4.78, 5) is 75.2. The molecule has 0 aromatic rings. The Bertz CT molecular complexity index is 733. The Labute approximate surface area is 231 Å². The van der Waals surface area contributed by atoms with Gasteiger partial charge in [0.1, 0.15) is 0 Å². The van der Waals surface area contributed by atoms with E-state index in [2.05, 4.69) is 49.7 Å². The zero-order valence-corrected chi connectivity index (χ0v) is 23.1. The van der Waals surface area contributed by atoms with Gasteiger partial charge in [-0.05, 0) is 12.8 Å². The summed E-state index contributed by atoms with van der Waals surface area (Å²) in [5.74, 6) is -1.53. The molecule has 2 atom stereocenters. The lowest BCUT2D eigenvalue weighted by molar-refractivity contribution is -0.141. The standard InChI is InChI=1S/C21H32N4O6S2.C3H8.CH4/c26-16(22-6-10-32)4-8-24-18(28)12-14(20(24)30)2-1-3-15-13-19(29)25(21(15)31)9-5-17(27)23-7-11-33;1-3-2;/h14-15,32-33H,1-13H2,(H,22,26)(H,23,27);3H2,1-2H3;1H4. The van der Waals surface area contributed by atoms with Crippen molar-refractivity contribution >= 4 is 60.7 Å². The lowest BCUT2D eigenvalue weighted by Crippen LogP contribution is -2.35. The largest absolute Gasteiger partial charge is 0.355 e. The highest BCUT2D eigenvalue weighted by atomic mass is 32.1. The summed E-state index contributed by atoms with van der Waals surface area (Å²) in [7, 11) is 0. The van der Waals surface area contributed by atoms with Crippen molar-refractivity contribution < 1.29 is 28.8 Å². The lowest BCUT2D eigenvalue weighted by atomic mass is 9.94. The minimum atomic E-state index is -0.461. The zero-order valence-electron chi connectivity index (χ0n) is 21.3. The summed E-state index contributed by atoms with van der Waals surface area (Å²) in [5.41, 5.74) is 0. The average Bonchev–Trinajstić information content (AvgIpc) is 3.27. The second-order valence-corrected chi connectivity index (χ2v) is 9.75. The topological polar surface area (TPSA) is 133 Å². The van der Waals surface area contributed by atoms with Crippen LogP contribution < -0.4 is 10.6 Å². The first-order valence-electron chi connectivity index (χ1n) is 12.6. The molecule has 2 rings (SSSR count). The SMILES string of the molecule is C.CCC.O=C(CCN1C(=O)CC(CCCC2CC(=O)N(CCC(=O)NCCS)C2=O)C1=O)NCCS. The first-order valence-corrected chi connectivity index (χ1v) is 13.9. The molecule has 2 aliphatic heterocycles. The normalized spacial score (nSPS) is 18.9. The Morgan fingerprint density at radius 1 is 0.784 bits per heavy atom. The number of carbonyl (C=O) groups is 6. The molecule has 0 aromatic carbocycles. The molecule has 2 N–H and O–H groups in total. The van der Waals surface area contributed by atoms with Gasteiger partial charge in [-0.2, -0.15) is 25.3 Å². The number of likely N-dealkylation sites (tertiary alicyclic amines) is 2. The molecule has 0 bridgehead atoms. The molecule has 2 aliphatic rings. The summed E-state index contributed by atoms with van der Waals surface area (Å²) in [6, 6.07) is 0. The van der Waals surface area contributed by atoms with Crippen LogP contribution in [0.5, 0.6) is 0 Å². The van der Waals surface area contributed by atoms with Crippen molar-refractivity contribution in [1.82, 2.24) is 20.4 Å². The Balaban J connectivity index is 0.00000308. The van der Waals surface area contributed by atoms with Crippen LogP contribution in [-0.2, 0) is 28.8 Å². The van der Waals surface area contributed by atoms with Crippen molar-refractivity contribution in [3.8, 4) is 0 Å². The van der Waals surface area contributed by atoms with Gasteiger partial charge in [-0.15, -0.1) is 0 Å². The van der Waals surface area contributed by atoms with E-state index in [9.17, 15) is 28.8 Å². The van der Waals surface area contributed by atoms with Crippen molar-refractivity contribution in [2.45, 2.75) is 72.6 Å². The van der Waals surface area contributed by atoms with Gasteiger partial charge >= 0.3 is 0 Å². The fourth-order valence-electron chi connectivity index (χ4n) is 4.03. The summed E-state index contributed by atoms with van der Waals surface area (Å²) < 4.78 is 0. The third-order valence-corrected chi connectivity index (χ3v) is 6.22. The highest BCUT2D eigenvalue weighted by Gasteiger charge is 2.40. The highest BCUT2D eigenvalue weighted by Crippen LogP contribution is 2.29. The highest BCUT2D eigenvalue weighted by molar-refractivity contribution is 7.80. The van der Waals surface area contributed by atoms with E-state index in [1.807, 2.05) is 0 Å². The van der Waals surface area contributed by atoms with Gasteiger partial charge < -0.3 is 10.6 Å². The minimum absolute atomic E-state index is 0. The van der Waals surface area contributed by atoms with Crippen LogP contribution in [-0.4, -0.2) is 82.9 Å². The third kappa shape index (κ3) is 11.9. The molecule has 2 unspecified atom stereocenters. The second-order valence-electron chi connectivity index (χ2n) is 8.85. The van der Waals surface area contributed by atoms with Crippen molar-refractivity contribution in [2.75, 3.05) is 37.7 Å². The van der Waals surface area contributed by atoms with Gasteiger partial charge in [0.05, 0.1) is 0 Å². The third-order valence-electron chi connectivity index (χ3n) is 5.77. The van der Waals surface area contributed by atoms with E-state index in [0.29, 0.717) is 43.9 Å². The van der Waals surface area contributed by atoms with Gasteiger partial charge in [-0.3, -0.25) is 38.6 Å². The Morgan fingerprint density at radius 2 is 1.14 bits per heavy atom. The maximum absolute atomic E-state index is 12.6. The van der Waals surface area contributed by atoms with Crippen LogP contribution in [0.4, 0.5) is 0 Å². The van der Waals surface area contributed by atoms with E-state index in [-0.39, 0.29) is 81.6 Å². The van der Waals surface area contributed by atoms with Crippen LogP contribution in [0.1, 0.15) is 72.6 Å². The van der Waals surface area contributed by atoms with E-state index in [1.54, 1.807) is 0 Å². The number of amides is 6. The fraction of sp³-hybridized carbons (Fsp3) is 0.760. The van der Waals surface area contributed by atoms with Crippen molar-refractivity contribution in [1.29, 1.82) is 0 Å². The van der Waals surface area contributed by atoms with Crippen molar-refractivity contribution in [3.05, 3.63) is 0 Å². The van der Waals surface area contributed by atoms with Crippen LogP contribution >= 0.6 is 25.3 Å². The van der Waals surface area contributed by atoms with Gasteiger partial charge in [0.15, 0.2) is 0 Å². The molecule has 10 nitrogen and oxygen atoms in total. The molecule has 2 saturated heterocycles. The lowest BCUT2D eigenvalue weighted by Gasteiger charge is -2.16. The minimum Gasteiger partial charge on any atom is -0.355 e. The number of rotatable bonds is 14. The Morgan fingerprint density at radius 3 is 1.46 bits per heavy atom. The predicted octanol–water partition coefficient (Wildman–Crippen LogP) is 1.83. The van der Waals surface area contributed by atoms with Gasteiger partial charge in [0.2, 0.25) is 35.4 Å². The predicted molar refractivity (Wildman–Crippen MR) is 149 cm³/mol. The molecular weight excluding hydrogens is 516 g/mol. The number of imide groups is 2. The van der Waals surface area contributed by atoms with E-state index in [1.165, 1.54) is 6.42 Å². The molecule has 212 valence electrons. The molecule has 0 aliphatic carbocycles. The molecule has 2 heterocycles. The van der Waals surface area contributed by atoms with Crippen LogP contribution in [0.25, 0.3) is 0 Å². The maximum Gasteiger partial charge on any atom is 0.232 e. The number of hydrogen-bond acceptors (Lipinski definition) is 8. The molecule has 2 fully saturated rings. The molecule has 12 heteroatoms.